The summed E-state index contributed by atoms with van der Waals surface area (Å²) in [7, 11) is 1.69. The van der Waals surface area contributed by atoms with E-state index in [1.165, 1.54) is 41.7 Å². The second-order valence-corrected chi connectivity index (χ2v) is 12.1. The van der Waals surface area contributed by atoms with Gasteiger partial charge in [-0.2, -0.15) is 10.2 Å². The van der Waals surface area contributed by atoms with E-state index in [1.807, 2.05) is 42.6 Å². The van der Waals surface area contributed by atoms with Crippen LogP contribution in [0.25, 0.3) is 0 Å². The van der Waals surface area contributed by atoms with Crippen LogP contribution in [0.2, 0.25) is 0 Å². The largest absolute Gasteiger partial charge is 0.508 e. The number of aromatic hydroxyl groups is 1. The first-order valence-electron chi connectivity index (χ1n) is 14.7. The fraction of sp³-hybridized carbons (Fsp3) is 0.429. The van der Waals surface area contributed by atoms with Gasteiger partial charge in [-0.15, -0.1) is 0 Å². The lowest BCUT2D eigenvalue weighted by Crippen LogP contribution is -2.42. The minimum absolute atomic E-state index is 0.123. The van der Waals surface area contributed by atoms with Crippen molar-refractivity contribution in [1.82, 2.24) is 0 Å². The smallest absolute Gasteiger partial charge is 0.125 e. The molecule has 3 aliphatic rings. The van der Waals surface area contributed by atoms with Crippen LogP contribution in [0.1, 0.15) is 78.3 Å². The molecule has 5 heteroatoms. The zero-order chi connectivity index (χ0) is 27.9. The SMILES string of the molecule is COc1ccc(/C=N\N=C2\CC[C@@H]3[C@@H]4CCc5cc(O)ccc5[C@H]4CC[C@@]23C)cc1COc1cccc(C)c1C. The molecule has 2 fully saturated rings. The Bertz CT molecular complexity index is 1480. The van der Waals surface area contributed by atoms with Crippen molar-refractivity contribution in [3.05, 3.63) is 88.0 Å². The van der Waals surface area contributed by atoms with Crippen LogP contribution < -0.4 is 9.47 Å². The molecule has 0 amide bonds. The third-order valence-corrected chi connectivity index (χ3v) is 10.1. The minimum atomic E-state index is 0.123. The van der Waals surface area contributed by atoms with E-state index in [2.05, 4.69) is 44.1 Å². The Morgan fingerprint density at radius 1 is 1.00 bits per heavy atom. The number of benzene rings is 3. The Morgan fingerprint density at radius 2 is 1.88 bits per heavy atom. The van der Waals surface area contributed by atoms with E-state index in [-0.39, 0.29) is 5.41 Å². The lowest BCUT2D eigenvalue weighted by molar-refractivity contribution is 0.0955. The lowest BCUT2D eigenvalue weighted by Gasteiger charge is -2.49. The summed E-state index contributed by atoms with van der Waals surface area (Å²) in [5.74, 6) is 4.04. The molecule has 4 atom stereocenters. The molecule has 208 valence electrons. The average molecular weight is 537 g/mol. The highest BCUT2D eigenvalue weighted by Gasteiger charge is 2.53. The van der Waals surface area contributed by atoms with E-state index in [0.717, 1.165) is 47.5 Å². The molecule has 2 saturated carbocycles. The summed E-state index contributed by atoms with van der Waals surface area (Å²) in [5, 5.41) is 19.4. The molecule has 5 nitrogen and oxygen atoms in total. The van der Waals surface area contributed by atoms with Gasteiger partial charge in [0, 0.05) is 16.7 Å². The molecule has 1 N–H and O–H groups in total. The van der Waals surface area contributed by atoms with Crippen molar-refractivity contribution in [1.29, 1.82) is 0 Å². The van der Waals surface area contributed by atoms with Gasteiger partial charge in [-0.1, -0.05) is 25.1 Å². The van der Waals surface area contributed by atoms with Crippen molar-refractivity contribution in [2.45, 2.75) is 71.8 Å². The van der Waals surface area contributed by atoms with E-state index in [1.54, 1.807) is 7.11 Å². The van der Waals surface area contributed by atoms with Crippen LogP contribution >= 0.6 is 0 Å². The van der Waals surface area contributed by atoms with E-state index < -0.39 is 0 Å². The summed E-state index contributed by atoms with van der Waals surface area (Å²) < 4.78 is 11.8. The Labute approximate surface area is 238 Å². The van der Waals surface area contributed by atoms with Gasteiger partial charge < -0.3 is 14.6 Å². The number of rotatable bonds is 6. The standard InChI is InChI=1S/C35H40N2O3/c1-22-6-5-7-32(23(22)2)40-21-26-18-24(8-14-33(26)39-4)20-36-37-34-15-13-31-30-11-9-25-19-27(38)10-12-28(25)29(30)16-17-35(31,34)3/h5-8,10,12,14,18-20,29-31,38H,9,11,13,15-17,21H2,1-4H3/b36-20-,37-34-/t29-,30-,31-,35-/m1/s1. The molecular weight excluding hydrogens is 496 g/mol. The van der Waals surface area contributed by atoms with Crippen LogP contribution in [0.5, 0.6) is 17.2 Å². The first kappa shape index (κ1) is 26.6. The van der Waals surface area contributed by atoms with Gasteiger partial charge in [-0.25, -0.2) is 0 Å². The highest BCUT2D eigenvalue weighted by Crippen LogP contribution is 2.60. The predicted molar refractivity (Wildman–Crippen MR) is 161 cm³/mol. The van der Waals surface area contributed by atoms with Gasteiger partial charge in [-0.3, -0.25) is 0 Å². The maximum Gasteiger partial charge on any atom is 0.125 e. The van der Waals surface area contributed by atoms with E-state index in [0.29, 0.717) is 30.1 Å². The molecular formula is C35H40N2O3. The molecule has 3 aromatic rings. The summed E-state index contributed by atoms with van der Waals surface area (Å²) in [5.41, 5.74) is 8.54. The summed E-state index contributed by atoms with van der Waals surface area (Å²) in [6, 6.07) is 18.2. The molecule has 0 aliphatic heterocycles. The Kier molecular flexibility index (Phi) is 7.16. The zero-order valence-corrected chi connectivity index (χ0v) is 24.1. The second-order valence-electron chi connectivity index (χ2n) is 12.1. The van der Waals surface area contributed by atoms with Crippen molar-refractivity contribution in [3.8, 4) is 17.2 Å². The van der Waals surface area contributed by atoms with Crippen molar-refractivity contribution >= 4 is 11.9 Å². The molecule has 40 heavy (non-hydrogen) atoms. The topological polar surface area (TPSA) is 63.4 Å². The van der Waals surface area contributed by atoms with Gasteiger partial charge in [0.05, 0.1) is 13.3 Å². The van der Waals surface area contributed by atoms with Gasteiger partial charge in [0.2, 0.25) is 0 Å². The Hall–Kier alpha value is -3.60. The molecule has 0 spiro atoms. The highest BCUT2D eigenvalue weighted by molar-refractivity contribution is 5.93. The molecule has 0 heterocycles. The Balaban J connectivity index is 1.17. The lowest BCUT2D eigenvalue weighted by atomic mass is 9.55. The zero-order valence-electron chi connectivity index (χ0n) is 24.1. The number of aryl methyl sites for hydroxylation is 2. The maximum atomic E-state index is 9.97. The summed E-state index contributed by atoms with van der Waals surface area (Å²) >= 11 is 0. The van der Waals surface area contributed by atoms with Crippen molar-refractivity contribution in [3.63, 3.8) is 0 Å². The quantitative estimate of drug-likeness (QED) is 0.257. The van der Waals surface area contributed by atoms with Gasteiger partial charge in [0.15, 0.2) is 0 Å². The average Bonchev–Trinajstić information content (AvgIpc) is 3.29. The van der Waals surface area contributed by atoms with Gasteiger partial charge >= 0.3 is 0 Å². The van der Waals surface area contributed by atoms with Crippen LogP contribution in [0.4, 0.5) is 0 Å². The fourth-order valence-corrected chi connectivity index (χ4v) is 7.71. The molecule has 0 unspecified atom stereocenters. The van der Waals surface area contributed by atoms with Crippen LogP contribution in [-0.2, 0) is 13.0 Å². The number of ether oxygens (including phenoxy) is 2. The Morgan fingerprint density at radius 3 is 2.73 bits per heavy atom. The molecule has 3 aliphatic carbocycles. The first-order valence-corrected chi connectivity index (χ1v) is 14.7. The van der Waals surface area contributed by atoms with Gasteiger partial charge in [-0.05, 0) is 134 Å². The summed E-state index contributed by atoms with van der Waals surface area (Å²) in [4.78, 5) is 0. The highest BCUT2D eigenvalue weighted by atomic mass is 16.5. The van der Waals surface area contributed by atoms with Crippen LogP contribution in [0.15, 0.2) is 64.8 Å². The van der Waals surface area contributed by atoms with Crippen LogP contribution in [0, 0.1) is 31.1 Å². The molecule has 3 aromatic carbocycles. The number of phenols is 1. The molecule has 0 bridgehead atoms. The third-order valence-electron chi connectivity index (χ3n) is 10.1. The van der Waals surface area contributed by atoms with Crippen LogP contribution in [0.3, 0.4) is 0 Å². The third kappa shape index (κ3) is 4.80. The first-order chi connectivity index (χ1) is 19.4. The molecule has 0 radical (unpaired) electrons. The number of hydrogen-bond acceptors (Lipinski definition) is 5. The predicted octanol–water partition coefficient (Wildman–Crippen LogP) is 7.93. The maximum absolute atomic E-state index is 9.97. The van der Waals surface area contributed by atoms with Gasteiger partial charge in [0.25, 0.3) is 0 Å². The fourth-order valence-electron chi connectivity index (χ4n) is 7.71. The number of fused-ring (bicyclic) bond motifs is 5. The second kappa shape index (κ2) is 10.8. The van der Waals surface area contributed by atoms with Crippen molar-refractivity contribution in [2.75, 3.05) is 7.11 Å². The number of methoxy groups -OCH3 is 1. The number of phenolic OH excluding ortho intramolecular Hbond substituents is 1. The van der Waals surface area contributed by atoms with E-state index in [4.69, 9.17) is 14.6 Å². The molecule has 6 rings (SSSR count). The normalized spacial score (nSPS) is 26.4. The number of hydrogen-bond donors (Lipinski definition) is 1. The van der Waals surface area contributed by atoms with E-state index >= 15 is 0 Å². The monoisotopic (exact) mass is 536 g/mol. The minimum Gasteiger partial charge on any atom is -0.508 e. The molecule has 0 saturated heterocycles. The summed E-state index contributed by atoms with van der Waals surface area (Å²) in [6.07, 6.45) is 8.69. The summed E-state index contributed by atoms with van der Waals surface area (Å²) in [6.45, 7) is 7.04. The number of nitrogens with zero attached hydrogens (tertiary/aromatic N) is 2. The van der Waals surface area contributed by atoms with E-state index in [9.17, 15) is 5.11 Å². The van der Waals surface area contributed by atoms with Crippen LogP contribution in [-0.4, -0.2) is 24.1 Å². The van der Waals surface area contributed by atoms with Crippen molar-refractivity contribution < 1.29 is 14.6 Å². The van der Waals surface area contributed by atoms with Gasteiger partial charge in [0.1, 0.15) is 23.9 Å². The van der Waals surface area contributed by atoms with Crippen molar-refractivity contribution in [2.24, 2.45) is 27.5 Å². The molecule has 0 aromatic heterocycles.